The number of hydrogen-bond acceptors (Lipinski definition) is 3. The van der Waals surface area contributed by atoms with Gasteiger partial charge in [-0.2, -0.15) is 5.26 Å². The van der Waals surface area contributed by atoms with Gasteiger partial charge in [0.1, 0.15) is 0 Å². The smallest absolute Gasteiger partial charge is 0.240 e. The molecule has 0 atom stereocenters. The molecule has 0 bridgehead atoms. The third-order valence-electron chi connectivity index (χ3n) is 4.07. The molecular weight excluding hydrogens is 286 g/mol. The van der Waals surface area contributed by atoms with Crippen molar-refractivity contribution < 1.29 is 4.79 Å². The average Bonchev–Trinajstić information content (AvgIpc) is 2.61. The molecule has 1 heterocycles. The van der Waals surface area contributed by atoms with Gasteiger partial charge in [-0.1, -0.05) is 30.3 Å². The van der Waals surface area contributed by atoms with Crippen molar-refractivity contribution in [1.82, 2.24) is 5.32 Å². The number of fused-ring (bicyclic) bond motifs is 1. The highest BCUT2D eigenvalue weighted by molar-refractivity contribution is 5.95. The van der Waals surface area contributed by atoms with Crippen LogP contribution in [0.2, 0.25) is 0 Å². The molecule has 4 nitrogen and oxygen atoms in total. The molecule has 23 heavy (non-hydrogen) atoms. The Morgan fingerprint density at radius 2 is 2.09 bits per heavy atom. The molecule has 116 valence electrons. The summed E-state index contributed by atoms with van der Waals surface area (Å²) in [6.45, 7) is 1.66. The predicted octanol–water partition coefficient (Wildman–Crippen LogP) is 2.63. The quantitative estimate of drug-likeness (QED) is 0.944. The lowest BCUT2D eigenvalue weighted by molar-refractivity contribution is -0.117. The molecule has 1 aliphatic rings. The van der Waals surface area contributed by atoms with Crippen LogP contribution < -0.4 is 10.2 Å². The molecule has 1 amide bonds. The zero-order valence-electron chi connectivity index (χ0n) is 13.0. The van der Waals surface area contributed by atoms with Crippen LogP contribution in [0.5, 0.6) is 0 Å². The van der Waals surface area contributed by atoms with Crippen LogP contribution >= 0.6 is 0 Å². The first-order valence-corrected chi connectivity index (χ1v) is 7.86. The van der Waals surface area contributed by atoms with Gasteiger partial charge >= 0.3 is 0 Å². The van der Waals surface area contributed by atoms with Crippen molar-refractivity contribution in [2.45, 2.75) is 19.4 Å². The normalized spacial score (nSPS) is 13.3. The van der Waals surface area contributed by atoms with Crippen molar-refractivity contribution in [3.05, 3.63) is 65.2 Å². The average molecular weight is 305 g/mol. The van der Waals surface area contributed by atoms with Gasteiger partial charge in [0, 0.05) is 18.8 Å². The second-order valence-electron chi connectivity index (χ2n) is 5.69. The molecule has 3 rings (SSSR count). The maximum atomic E-state index is 12.5. The van der Waals surface area contributed by atoms with E-state index < -0.39 is 0 Å². The zero-order chi connectivity index (χ0) is 16.1. The van der Waals surface area contributed by atoms with Crippen LogP contribution in [0.4, 0.5) is 5.69 Å². The first-order valence-electron chi connectivity index (χ1n) is 7.86. The Kier molecular flexibility index (Phi) is 4.70. The highest BCUT2D eigenvalue weighted by Gasteiger charge is 2.21. The monoisotopic (exact) mass is 305 g/mol. The van der Waals surface area contributed by atoms with Crippen LogP contribution in [0.15, 0.2) is 48.5 Å². The fourth-order valence-electron chi connectivity index (χ4n) is 2.95. The number of anilines is 1. The number of para-hydroxylation sites is 1. The predicted molar refractivity (Wildman–Crippen MR) is 90.0 cm³/mol. The number of benzene rings is 2. The van der Waals surface area contributed by atoms with Crippen LogP contribution in [0.1, 0.15) is 23.1 Å². The number of amides is 1. The number of nitrogens with zero attached hydrogens (tertiary/aromatic N) is 2. The van der Waals surface area contributed by atoms with Gasteiger partial charge in [0.15, 0.2) is 0 Å². The standard InChI is InChI=1S/C19H19N3O/c20-12-15-5-3-6-16(11-15)13-21-14-19(23)22-10-4-8-17-7-1-2-9-18(17)22/h1-3,5-7,9,11,21H,4,8,10,13-14H2. The highest BCUT2D eigenvalue weighted by Crippen LogP contribution is 2.26. The maximum Gasteiger partial charge on any atom is 0.240 e. The SMILES string of the molecule is N#Cc1cccc(CNCC(=O)N2CCCc3ccccc32)c1. The van der Waals surface area contributed by atoms with Crippen molar-refractivity contribution in [3.63, 3.8) is 0 Å². The van der Waals surface area contributed by atoms with E-state index in [1.165, 1.54) is 5.56 Å². The molecule has 0 saturated carbocycles. The van der Waals surface area contributed by atoms with Crippen molar-refractivity contribution in [2.75, 3.05) is 18.0 Å². The van der Waals surface area contributed by atoms with E-state index in [1.54, 1.807) is 6.07 Å². The molecule has 0 aliphatic carbocycles. The maximum absolute atomic E-state index is 12.5. The summed E-state index contributed by atoms with van der Waals surface area (Å²) in [5.41, 5.74) is 3.93. The van der Waals surface area contributed by atoms with Crippen LogP contribution in [0, 0.1) is 11.3 Å². The molecule has 0 saturated heterocycles. The lowest BCUT2D eigenvalue weighted by atomic mass is 10.0. The van der Waals surface area contributed by atoms with Gasteiger partial charge in [0.25, 0.3) is 0 Å². The molecule has 0 radical (unpaired) electrons. The van der Waals surface area contributed by atoms with E-state index in [9.17, 15) is 4.79 Å². The molecular formula is C19H19N3O. The van der Waals surface area contributed by atoms with E-state index in [4.69, 9.17) is 5.26 Å². The van der Waals surface area contributed by atoms with Crippen LogP contribution in [0.25, 0.3) is 0 Å². The van der Waals surface area contributed by atoms with Gasteiger partial charge < -0.3 is 10.2 Å². The number of aryl methyl sites for hydroxylation is 1. The number of carbonyl (C=O) groups excluding carboxylic acids is 1. The van der Waals surface area contributed by atoms with Crippen LogP contribution in [-0.2, 0) is 17.8 Å². The summed E-state index contributed by atoms with van der Waals surface area (Å²) in [7, 11) is 0. The minimum Gasteiger partial charge on any atom is -0.311 e. The lowest BCUT2D eigenvalue weighted by Crippen LogP contribution is -2.41. The lowest BCUT2D eigenvalue weighted by Gasteiger charge is -2.29. The number of nitrogens with one attached hydrogen (secondary N) is 1. The fourth-order valence-corrected chi connectivity index (χ4v) is 2.95. The summed E-state index contributed by atoms with van der Waals surface area (Å²) in [6, 6.07) is 17.7. The zero-order valence-corrected chi connectivity index (χ0v) is 13.0. The Morgan fingerprint density at radius 3 is 2.96 bits per heavy atom. The number of carbonyl (C=O) groups is 1. The van der Waals surface area contributed by atoms with Gasteiger partial charge in [-0.15, -0.1) is 0 Å². The number of hydrogen-bond donors (Lipinski definition) is 1. The van der Waals surface area contributed by atoms with Gasteiger partial charge in [-0.05, 0) is 42.2 Å². The summed E-state index contributed by atoms with van der Waals surface area (Å²) in [6.07, 6.45) is 2.04. The van der Waals surface area contributed by atoms with Crippen molar-refractivity contribution >= 4 is 11.6 Å². The van der Waals surface area contributed by atoms with E-state index in [0.717, 1.165) is 30.6 Å². The largest absolute Gasteiger partial charge is 0.311 e. The summed E-state index contributed by atoms with van der Waals surface area (Å²) >= 11 is 0. The molecule has 0 aromatic heterocycles. The van der Waals surface area contributed by atoms with Gasteiger partial charge in [-0.3, -0.25) is 4.79 Å². The second-order valence-corrected chi connectivity index (χ2v) is 5.69. The molecule has 2 aromatic carbocycles. The van der Waals surface area contributed by atoms with Crippen LogP contribution in [-0.4, -0.2) is 19.0 Å². The van der Waals surface area contributed by atoms with E-state index >= 15 is 0 Å². The Bertz CT molecular complexity index is 748. The fraction of sp³-hybridized carbons (Fsp3) is 0.263. The molecule has 0 spiro atoms. The third kappa shape index (κ3) is 3.58. The van der Waals surface area contributed by atoms with Crippen molar-refractivity contribution in [2.24, 2.45) is 0 Å². The van der Waals surface area contributed by atoms with Gasteiger partial charge in [0.05, 0.1) is 18.2 Å². The summed E-state index contributed by atoms with van der Waals surface area (Å²) < 4.78 is 0. The van der Waals surface area contributed by atoms with Gasteiger partial charge in [-0.25, -0.2) is 0 Å². The Morgan fingerprint density at radius 1 is 1.22 bits per heavy atom. The van der Waals surface area contributed by atoms with E-state index in [1.807, 2.05) is 41.3 Å². The summed E-state index contributed by atoms with van der Waals surface area (Å²) in [5, 5.41) is 12.1. The molecule has 0 fully saturated rings. The molecule has 2 aromatic rings. The number of rotatable bonds is 4. The van der Waals surface area contributed by atoms with Gasteiger partial charge in [0.2, 0.25) is 5.91 Å². The Balaban J connectivity index is 1.59. The molecule has 4 heteroatoms. The number of nitriles is 1. The minimum atomic E-state index is 0.0913. The Labute approximate surface area is 136 Å². The first-order chi connectivity index (χ1) is 11.3. The summed E-state index contributed by atoms with van der Waals surface area (Å²) in [5.74, 6) is 0.0913. The topological polar surface area (TPSA) is 56.1 Å². The van der Waals surface area contributed by atoms with Crippen molar-refractivity contribution in [3.8, 4) is 6.07 Å². The van der Waals surface area contributed by atoms with E-state index in [0.29, 0.717) is 18.7 Å². The Hall–Kier alpha value is -2.64. The summed E-state index contributed by atoms with van der Waals surface area (Å²) in [4.78, 5) is 14.4. The van der Waals surface area contributed by atoms with E-state index in [2.05, 4.69) is 17.5 Å². The first kappa shape index (κ1) is 15.3. The van der Waals surface area contributed by atoms with Crippen LogP contribution in [0.3, 0.4) is 0 Å². The molecule has 0 unspecified atom stereocenters. The van der Waals surface area contributed by atoms with E-state index in [-0.39, 0.29) is 5.91 Å². The second kappa shape index (κ2) is 7.08. The third-order valence-corrected chi connectivity index (χ3v) is 4.07. The van der Waals surface area contributed by atoms with Crippen molar-refractivity contribution in [1.29, 1.82) is 5.26 Å². The molecule has 1 N–H and O–H groups in total. The minimum absolute atomic E-state index is 0.0913. The molecule has 1 aliphatic heterocycles. The highest BCUT2D eigenvalue weighted by atomic mass is 16.2.